The number of benzene rings is 1. The summed E-state index contributed by atoms with van der Waals surface area (Å²) >= 11 is 6.21. The van der Waals surface area contributed by atoms with E-state index in [0.29, 0.717) is 6.04 Å². The number of nitrogens with one attached hydrogen (secondary N) is 1. The van der Waals surface area contributed by atoms with Crippen LogP contribution in [0, 0.1) is 0 Å². The highest BCUT2D eigenvalue weighted by atomic mass is 35.5. The van der Waals surface area contributed by atoms with Crippen LogP contribution >= 0.6 is 11.6 Å². The van der Waals surface area contributed by atoms with Crippen LogP contribution in [0.5, 0.6) is 0 Å². The molecule has 1 N–H and O–H groups in total. The van der Waals surface area contributed by atoms with E-state index in [-0.39, 0.29) is 0 Å². The Morgan fingerprint density at radius 3 is 2.52 bits per heavy atom. The normalized spacial score (nSPS) is 18.0. The zero-order valence-corrected chi connectivity index (χ0v) is 14.3. The van der Waals surface area contributed by atoms with Gasteiger partial charge in [0.25, 0.3) is 0 Å². The van der Waals surface area contributed by atoms with Gasteiger partial charge in [0.2, 0.25) is 0 Å². The highest BCUT2D eigenvalue weighted by Gasteiger charge is 2.21. The van der Waals surface area contributed by atoms with Crippen molar-refractivity contribution in [3.05, 3.63) is 28.8 Å². The van der Waals surface area contributed by atoms with Gasteiger partial charge in [0.1, 0.15) is 0 Å². The molecule has 1 aromatic carbocycles. The molecule has 1 unspecified atom stereocenters. The first-order valence-corrected chi connectivity index (χ1v) is 8.51. The summed E-state index contributed by atoms with van der Waals surface area (Å²) in [6.45, 7) is 13.1. The first kappa shape index (κ1) is 16.6. The van der Waals surface area contributed by atoms with E-state index in [0.717, 1.165) is 44.3 Å². The Morgan fingerprint density at radius 2 is 1.90 bits per heavy atom. The molecule has 0 aliphatic carbocycles. The highest BCUT2D eigenvalue weighted by Crippen LogP contribution is 2.26. The Hall–Kier alpha value is -0.770. The predicted octanol–water partition coefficient (Wildman–Crippen LogP) is 3.37. The summed E-state index contributed by atoms with van der Waals surface area (Å²) in [6.07, 6.45) is 1.23. The Labute approximate surface area is 134 Å². The van der Waals surface area contributed by atoms with Crippen molar-refractivity contribution in [1.82, 2.24) is 10.2 Å². The Morgan fingerprint density at radius 1 is 1.19 bits per heavy atom. The number of nitrogens with zero attached hydrogens (tertiary/aromatic N) is 2. The van der Waals surface area contributed by atoms with Gasteiger partial charge in [-0.15, -0.1) is 0 Å². The molecular formula is C17H28ClN3. The van der Waals surface area contributed by atoms with Crippen LogP contribution in [-0.4, -0.2) is 43.7 Å². The lowest BCUT2D eigenvalue weighted by atomic mass is 10.1. The van der Waals surface area contributed by atoms with E-state index in [2.05, 4.69) is 48.0 Å². The summed E-state index contributed by atoms with van der Waals surface area (Å²) in [5.74, 6) is 0. The molecule has 118 valence electrons. The zero-order valence-electron chi connectivity index (χ0n) is 13.5. The van der Waals surface area contributed by atoms with Crippen LogP contribution in [0.4, 0.5) is 5.69 Å². The molecule has 1 aromatic rings. The molecule has 1 fully saturated rings. The van der Waals surface area contributed by atoms with E-state index in [4.69, 9.17) is 11.6 Å². The number of piperazine rings is 1. The smallest absolute Gasteiger partial charge is 0.0427 e. The van der Waals surface area contributed by atoms with Gasteiger partial charge < -0.3 is 10.2 Å². The Kier molecular flexibility index (Phi) is 6.34. The molecule has 0 aromatic heterocycles. The first-order chi connectivity index (χ1) is 10.2. The second-order valence-corrected chi connectivity index (χ2v) is 6.27. The van der Waals surface area contributed by atoms with E-state index in [1.165, 1.54) is 17.7 Å². The largest absolute Gasteiger partial charge is 0.369 e. The Bertz CT molecular complexity index is 442. The van der Waals surface area contributed by atoms with Crippen molar-refractivity contribution < 1.29 is 0 Å². The molecule has 0 bridgehead atoms. The average Bonchev–Trinajstić information content (AvgIpc) is 2.53. The maximum absolute atomic E-state index is 6.21. The van der Waals surface area contributed by atoms with Crippen LogP contribution in [0.15, 0.2) is 18.2 Å². The van der Waals surface area contributed by atoms with Crippen molar-refractivity contribution in [3.63, 3.8) is 0 Å². The van der Waals surface area contributed by atoms with Gasteiger partial charge >= 0.3 is 0 Å². The SMILES string of the molecule is CCNCc1ccc(Cl)cc1N1CCN(C(C)CC)CC1. The summed E-state index contributed by atoms with van der Waals surface area (Å²) in [7, 11) is 0. The van der Waals surface area contributed by atoms with Gasteiger partial charge in [-0.3, -0.25) is 4.90 Å². The second kappa shape index (κ2) is 8.02. The van der Waals surface area contributed by atoms with Crippen molar-refractivity contribution in [2.75, 3.05) is 37.6 Å². The van der Waals surface area contributed by atoms with Crippen LogP contribution in [0.25, 0.3) is 0 Å². The molecule has 1 aliphatic heterocycles. The van der Waals surface area contributed by atoms with Gasteiger partial charge in [-0.05, 0) is 37.6 Å². The fraction of sp³-hybridized carbons (Fsp3) is 0.647. The molecule has 4 heteroatoms. The van der Waals surface area contributed by atoms with Crippen molar-refractivity contribution >= 4 is 17.3 Å². The molecule has 0 radical (unpaired) electrons. The molecular weight excluding hydrogens is 282 g/mol. The molecule has 3 nitrogen and oxygen atoms in total. The van der Waals surface area contributed by atoms with Gasteiger partial charge in [0.05, 0.1) is 0 Å². The van der Waals surface area contributed by atoms with E-state index in [9.17, 15) is 0 Å². The van der Waals surface area contributed by atoms with Crippen LogP contribution in [0.3, 0.4) is 0 Å². The topological polar surface area (TPSA) is 18.5 Å². The van der Waals surface area contributed by atoms with Crippen LogP contribution < -0.4 is 10.2 Å². The molecule has 21 heavy (non-hydrogen) atoms. The lowest BCUT2D eigenvalue weighted by Gasteiger charge is -2.39. The molecule has 1 aliphatic rings. The number of rotatable bonds is 6. The quantitative estimate of drug-likeness (QED) is 0.869. The van der Waals surface area contributed by atoms with Crippen LogP contribution in [-0.2, 0) is 6.54 Å². The minimum Gasteiger partial charge on any atom is -0.369 e. The molecule has 1 saturated heterocycles. The molecule has 2 rings (SSSR count). The van der Waals surface area contributed by atoms with Gasteiger partial charge in [0, 0.05) is 49.5 Å². The van der Waals surface area contributed by atoms with Gasteiger partial charge in [-0.1, -0.05) is 31.5 Å². The first-order valence-electron chi connectivity index (χ1n) is 8.13. The number of anilines is 1. The highest BCUT2D eigenvalue weighted by molar-refractivity contribution is 6.30. The molecule has 0 saturated carbocycles. The molecule has 0 spiro atoms. The lowest BCUT2D eigenvalue weighted by molar-refractivity contribution is 0.192. The number of hydrogen-bond acceptors (Lipinski definition) is 3. The lowest BCUT2D eigenvalue weighted by Crippen LogP contribution is -2.49. The molecule has 0 amide bonds. The average molecular weight is 310 g/mol. The van der Waals surface area contributed by atoms with Gasteiger partial charge in [-0.2, -0.15) is 0 Å². The third kappa shape index (κ3) is 4.35. The maximum atomic E-state index is 6.21. The van der Waals surface area contributed by atoms with Crippen LogP contribution in [0.2, 0.25) is 5.02 Å². The summed E-state index contributed by atoms with van der Waals surface area (Å²) in [4.78, 5) is 5.07. The standard InChI is InChI=1S/C17H28ClN3/c1-4-14(3)20-8-10-21(11-9-20)17-12-16(18)7-6-15(17)13-19-5-2/h6-7,12,14,19H,4-5,8-11,13H2,1-3H3. The fourth-order valence-electron chi connectivity index (χ4n) is 2.90. The molecule has 1 heterocycles. The van der Waals surface area contributed by atoms with E-state index < -0.39 is 0 Å². The van der Waals surface area contributed by atoms with E-state index in [1.807, 2.05) is 6.07 Å². The summed E-state index contributed by atoms with van der Waals surface area (Å²) < 4.78 is 0. The maximum Gasteiger partial charge on any atom is 0.0427 e. The van der Waals surface area contributed by atoms with Crippen LogP contribution in [0.1, 0.15) is 32.8 Å². The van der Waals surface area contributed by atoms with Gasteiger partial charge in [0.15, 0.2) is 0 Å². The minimum absolute atomic E-state index is 0.688. The third-order valence-electron chi connectivity index (χ3n) is 4.48. The predicted molar refractivity (Wildman–Crippen MR) is 92.4 cm³/mol. The van der Waals surface area contributed by atoms with Gasteiger partial charge in [-0.25, -0.2) is 0 Å². The van der Waals surface area contributed by atoms with Crippen molar-refractivity contribution in [2.45, 2.75) is 39.8 Å². The fourth-order valence-corrected chi connectivity index (χ4v) is 3.07. The Balaban J connectivity index is 2.06. The summed E-state index contributed by atoms with van der Waals surface area (Å²) in [6, 6.07) is 6.95. The van der Waals surface area contributed by atoms with Crippen molar-refractivity contribution in [2.24, 2.45) is 0 Å². The second-order valence-electron chi connectivity index (χ2n) is 5.83. The monoisotopic (exact) mass is 309 g/mol. The van der Waals surface area contributed by atoms with Crippen molar-refractivity contribution in [1.29, 1.82) is 0 Å². The summed E-state index contributed by atoms with van der Waals surface area (Å²) in [5.41, 5.74) is 2.64. The van der Waals surface area contributed by atoms with Crippen molar-refractivity contribution in [3.8, 4) is 0 Å². The van der Waals surface area contributed by atoms with E-state index >= 15 is 0 Å². The zero-order chi connectivity index (χ0) is 15.2. The minimum atomic E-state index is 0.688. The molecule has 1 atom stereocenters. The number of halogens is 1. The third-order valence-corrected chi connectivity index (χ3v) is 4.72. The van der Waals surface area contributed by atoms with E-state index in [1.54, 1.807) is 0 Å². The summed E-state index contributed by atoms with van der Waals surface area (Å²) in [5, 5.41) is 4.25. The number of hydrogen-bond donors (Lipinski definition) is 1.